The van der Waals surface area contributed by atoms with Crippen molar-refractivity contribution in [3.8, 4) is 0 Å². The van der Waals surface area contributed by atoms with Crippen LogP contribution >= 0.6 is 24.0 Å². The number of hydrogen-bond acceptors (Lipinski definition) is 5. The maximum Gasteiger partial charge on any atom is 0.191 e. The summed E-state index contributed by atoms with van der Waals surface area (Å²) in [5.41, 5.74) is 2.61. The quantitative estimate of drug-likeness (QED) is 0.204. The Morgan fingerprint density at radius 3 is 2.55 bits per heavy atom. The molecule has 2 fully saturated rings. The van der Waals surface area contributed by atoms with E-state index in [2.05, 4.69) is 58.7 Å². The number of guanidine groups is 1. The molecule has 2 heterocycles. The highest BCUT2D eigenvalue weighted by Crippen LogP contribution is 2.11. The number of halogens is 1. The van der Waals surface area contributed by atoms with Gasteiger partial charge in [0.1, 0.15) is 0 Å². The van der Waals surface area contributed by atoms with Crippen molar-refractivity contribution in [1.82, 2.24) is 20.4 Å². The third kappa shape index (κ3) is 10.0. The second-order valence-corrected chi connectivity index (χ2v) is 8.23. The van der Waals surface area contributed by atoms with E-state index in [9.17, 15) is 0 Å². The summed E-state index contributed by atoms with van der Waals surface area (Å²) in [4.78, 5) is 9.66. The first-order valence-corrected chi connectivity index (χ1v) is 11.4. The maximum absolute atomic E-state index is 5.81. The van der Waals surface area contributed by atoms with Crippen LogP contribution in [0.5, 0.6) is 0 Å². The third-order valence-corrected chi connectivity index (χ3v) is 5.64. The highest BCUT2D eigenvalue weighted by Gasteiger charge is 2.15. The van der Waals surface area contributed by atoms with Gasteiger partial charge in [-0.05, 0) is 37.9 Å². The molecule has 1 unspecified atom stereocenters. The molecule has 176 valence electrons. The Morgan fingerprint density at radius 2 is 1.87 bits per heavy atom. The Bertz CT molecular complexity index is 629. The van der Waals surface area contributed by atoms with Crippen molar-refractivity contribution in [3.63, 3.8) is 0 Å². The number of nitrogens with one attached hydrogen (secondary N) is 2. The first kappa shape index (κ1) is 26.3. The molecule has 1 aromatic rings. The molecule has 0 bridgehead atoms. The largest absolute Gasteiger partial charge is 0.379 e. The molecule has 0 radical (unpaired) electrons. The van der Waals surface area contributed by atoms with Crippen molar-refractivity contribution in [2.75, 3.05) is 66.1 Å². The Morgan fingerprint density at radius 1 is 1.13 bits per heavy atom. The van der Waals surface area contributed by atoms with Gasteiger partial charge in [0.15, 0.2) is 5.96 Å². The van der Waals surface area contributed by atoms with E-state index in [1.54, 1.807) is 0 Å². The van der Waals surface area contributed by atoms with Gasteiger partial charge >= 0.3 is 0 Å². The molecule has 2 saturated heterocycles. The Balaban J connectivity index is 0.00000341. The number of likely N-dealkylation sites (N-methyl/N-ethyl adjacent to an activating group) is 1. The van der Waals surface area contributed by atoms with Gasteiger partial charge in [0.25, 0.3) is 0 Å². The summed E-state index contributed by atoms with van der Waals surface area (Å²) in [6.07, 6.45) is 2.26. The zero-order chi connectivity index (χ0) is 21.0. The van der Waals surface area contributed by atoms with E-state index >= 15 is 0 Å². The molecular weight excluding hydrogens is 505 g/mol. The molecule has 7 nitrogen and oxygen atoms in total. The zero-order valence-corrected chi connectivity index (χ0v) is 21.5. The van der Waals surface area contributed by atoms with E-state index in [0.29, 0.717) is 6.54 Å². The van der Waals surface area contributed by atoms with Crippen molar-refractivity contribution in [3.05, 3.63) is 35.4 Å². The molecule has 0 saturated carbocycles. The van der Waals surface area contributed by atoms with Crippen LogP contribution in [0, 0.1) is 0 Å². The Labute approximate surface area is 205 Å². The van der Waals surface area contributed by atoms with Gasteiger partial charge in [-0.3, -0.25) is 4.90 Å². The number of piperazine rings is 1. The average Bonchev–Trinajstić information content (AvgIpc) is 3.28. The predicted molar refractivity (Wildman–Crippen MR) is 137 cm³/mol. The fourth-order valence-electron chi connectivity index (χ4n) is 3.70. The zero-order valence-electron chi connectivity index (χ0n) is 19.1. The van der Waals surface area contributed by atoms with Crippen LogP contribution in [0.4, 0.5) is 0 Å². The normalized spacial score (nSPS) is 20.5. The van der Waals surface area contributed by atoms with Crippen LogP contribution in [0.15, 0.2) is 29.3 Å². The van der Waals surface area contributed by atoms with Gasteiger partial charge in [-0.15, -0.1) is 24.0 Å². The third-order valence-electron chi connectivity index (χ3n) is 5.64. The van der Waals surface area contributed by atoms with Crippen LogP contribution in [0.1, 0.15) is 30.9 Å². The molecule has 3 rings (SSSR count). The standard InChI is InChI=1S/C23H39N5O2.HI/c1-3-24-23(25-10-4-15-30-22-9-16-29-19-22)26-17-20-5-7-21(8-6-20)18-28-13-11-27(2)12-14-28;/h5-8,22H,3-4,9-19H2,1-2H3,(H2,24,25,26);1H. The summed E-state index contributed by atoms with van der Waals surface area (Å²) in [5.74, 6) is 0.864. The van der Waals surface area contributed by atoms with Crippen molar-refractivity contribution in [1.29, 1.82) is 0 Å². The molecule has 0 amide bonds. The minimum absolute atomic E-state index is 0. The van der Waals surface area contributed by atoms with E-state index in [4.69, 9.17) is 14.5 Å². The number of aliphatic imine (C=N–C) groups is 1. The monoisotopic (exact) mass is 545 g/mol. The van der Waals surface area contributed by atoms with Crippen LogP contribution in [0.2, 0.25) is 0 Å². The van der Waals surface area contributed by atoms with Gasteiger partial charge in [-0.1, -0.05) is 24.3 Å². The smallest absolute Gasteiger partial charge is 0.191 e. The molecule has 2 aliphatic heterocycles. The molecule has 0 spiro atoms. The summed E-state index contributed by atoms with van der Waals surface area (Å²) in [6.45, 7) is 12.5. The lowest BCUT2D eigenvalue weighted by Crippen LogP contribution is -2.43. The van der Waals surface area contributed by atoms with Gasteiger partial charge in [-0.25, -0.2) is 4.99 Å². The summed E-state index contributed by atoms with van der Waals surface area (Å²) in [7, 11) is 2.20. The summed E-state index contributed by atoms with van der Waals surface area (Å²) < 4.78 is 11.1. The maximum atomic E-state index is 5.81. The lowest BCUT2D eigenvalue weighted by molar-refractivity contribution is 0.0420. The average molecular weight is 546 g/mol. The number of benzene rings is 1. The lowest BCUT2D eigenvalue weighted by atomic mass is 10.1. The van der Waals surface area contributed by atoms with E-state index in [0.717, 1.165) is 84.4 Å². The molecule has 8 heteroatoms. The van der Waals surface area contributed by atoms with E-state index in [1.165, 1.54) is 11.1 Å². The second-order valence-electron chi connectivity index (χ2n) is 8.23. The highest BCUT2D eigenvalue weighted by atomic mass is 127. The number of hydrogen-bond donors (Lipinski definition) is 2. The van der Waals surface area contributed by atoms with Gasteiger partial charge in [0.2, 0.25) is 0 Å². The number of nitrogens with zero attached hydrogens (tertiary/aromatic N) is 3. The van der Waals surface area contributed by atoms with Gasteiger partial charge in [-0.2, -0.15) is 0 Å². The Hall–Kier alpha value is -0.940. The number of rotatable bonds is 10. The van der Waals surface area contributed by atoms with Crippen molar-refractivity contribution in [2.24, 2.45) is 4.99 Å². The summed E-state index contributed by atoms with van der Waals surface area (Å²) in [5, 5.41) is 6.72. The number of ether oxygens (including phenoxy) is 2. The molecule has 31 heavy (non-hydrogen) atoms. The topological polar surface area (TPSA) is 61.4 Å². The molecule has 2 aliphatic rings. The molecule has 1 aromatic carbocycles. The van der Waals surface area contributed by atoms with Crippen molar-refractivity contribution < 1.29 is 9.47 Å². The van der Waals surface area contributed by atoms with Crippen molar-refractivity contribution in [2.45, 2.75) is 39.0 Å². The second kappa shape index (κ2) is 15.0. The van der Waals surface area contributed by atoms with E-state index < -0.39 is 0 Å². The van der Waals surface area contributed by atoms with Crippen molar-refractivity contribution >= 4 is 29.9 Å². The first-order valence-electron chi connectivity index (χ1n) is 11.4. The summed E-state index contributed by atoms with van der Waals surface area (Å²) in [6, 6.07) is 8.90. The molecule has 0 aliphatic carbocycles. The fraction of sp³-hybridized carbons (Fsp3) is 0.696. The first-order chi connectivity index (χ1) is 14.7. The predicted octanol–water partition coefficient (Wildman–Crippen LogP) is 2.30. The van der Waals surface area contributed by atoms with E-state index in [-0.39, 0.29) is 30.1 Å². The summed E-state index contributed by atoms with van der Waals surface area (Å²) >= 11 is 0. The van der Waals surface area contributed by atoms with Crippen LogP contribution in [0.25, 0.3) is 0 Å². The SMILES string of the molecule is CCNC(=NCc1ccc(CN2CCN(C)CC2)cc1)NCCCOC1CCOC1.I. The Kier molecular flexibility index (Phi) is 12.7. The molecule has 1 atom stereocenters. The van der Waals surface area contributed by atoms with E-state index in [1.807, 2.05) is 0 Å². The molecular formula is C23H40IN5O2. The van der Waals surface area contributed by atoms with Gasteiger partial charge in [0, 0.05) is 59.0 Å². The fourth-order valence-corrected chi connectivity index (χ4v) is 3.70. The van der Waals surface area contributed by atoms with Gasteiger partial charge in [0.05, 0.1) is 19.3 Å². The minimum Gasteiger partial charge on any atom is -0.379 e. The van der Waals surface area contributed by atoms with Crippen LogP contribution < -0.4 is 10.6 Å². The lowest BCUT2D eigenvalue weighted by Gasteiger charge is -2.32. The molecule has 2 N–H and O–H groups in total. The van der Waals surface area contributed by atoms with Gasteiger partial charge < -0.3 is 25.0 Å². The highest BCUT2D eigenvalue weighted by molar-refractivity contribution is 14.0. The van der Waals surface area contributed by atoms with Crippen LogP contribution in [0.3, 0.4) is 0 Å². The minimum atomic E-state index is 0. The van der Waals surface area contributed by atoms with Crippen LogP contribution in [-0.2, 0) is 22.6 Å². The molecule has 0 aromatic heterocycles. The van der Waals surface area contributed by atoms with Crippen LogP contribution in [-0.4, -0.2) is 88.0 Å².